The zero-order valence-electron chi connectivity index (χ0n) is 15.0. The monoisotopic (exact) mass is 465 g/mol. The normalized spacial score (nSPS) is 12.4. The van der Waals surface area contributed by atoms with Gasteiger partial charge < -0.3 is 9.30 Å². The van der Waals surface area contributed by atoms with Crippen molar-refractivity contribution in [1.82, 2.24) is 14.5 Å². The van der Waals surface area contributed by atoms with Gasteiger partial charge in [-0.3, -0.25) is 4.98 Å². The van der Waals surface area contributed by atoms with Gasteiger partial charge in [-0.2, -0.15) is 0 Å². The maximum Gasteiger partial charge on any atom is 0.102 e. The van der Waals surface area contributed by atoms with Gasteiger partial charge in [0, 0.05) is 50.2 Å². The molecule has 4 nitrogen and oxygen atoms in total. The fraction of sp³-hybridized carbons (Fsp3) is 0.143. The van der Waals surface area contributed by atoms with Crippen LogP contribution in [0.4, 0.5) is 0 Å². The highest BCUT2D eigenvalue weighted by molar-refractivity contribution is 6.37. The lowest BCUT2D eigenvalue weighted by Gasteiger charge is -2.21. The van der Waals surface area contributed by atoms with Gasteiger partial charge >= 0.3 is 0 Å². The van der Waals surface area contributed by atoms with Crippen molar-refractivity contribution in [3.05, 3.63) is 92.5 Å². The van der Waals surface area contributed by atoms with Gasteiger partial charge in [-0.15, -0.1) is 0 Å². The molecular formula is C21H15Cl4N3O. The lowest BCUT2D eigenvalue weighted by molar-refractivity contribution is 0.0280. The van der Waals surface area contributed by atoms with Gasteiger partial charge in [0.1, 0.15) is 6.10 Å². The van der Waals surface area contributed by atoms with Crippen LogP contribution in [-0.4, -0.2) is 14.5 Å². The van der Waals surface area contributed by atoms with Gasteiger partial charge in [-0.1, -0.05) is 52.5 Å². The fourth-order valence-corrected chi connectivity index (χ4v) is 4.01. The Morgan fingerprint density at radius 1 is 1.00 bits per heavy atom. The highest BCUT2D eigenvalue weighted by Gasteiger charge is 2.18. The Bertz CT molecular complexity index is 1150. The smallest absolute Gasteiger partial charge is 0.102 e. The molecule has 29 heavy (non-hydrogen) atoms. The fourth-order valence-electron chi connectivity index (χ4n) is 3.05. The molecule has 2 aromatic heterocycles. The second kappa shape index (κ2) is 8.90. The van der Waals surface area contributed by atoms with E-state index in [1.807, 2.05) is 22.9 Å². The number of benzene rings is 2. The van der Waals surface area contributed by atoms with E-state index in [-0.39, 0.29) is 12.7 Å². The molecule has 0 saturated carbocycles. The van der Waals surface area contributed by atoms with Crippen molar-refractivity contribution in [3.63, 3.8) is 0 Å². The van der Waals surface area contributed by atoms with Crippen LogP contribution in [0.3, 0.4) is 0 Å². The van der Waals surface area contributed by atoms with Crippen LogP contribution in [0.15, 0.2) is 61.3 Å². The van der Waals surface area contributed by atoms with E-state index in [0.717, 1.165) is 22.0 Å². The molecule has 0 radical (unpaired) electrons. The first-order valence-corrected chi connectivity index (χ1v) is 10.3. The summed E-state index contributed by atoms with van der Waals surface area (Å²) >= 11 is 25.2. The Labute approximate surface area is 188 Å². The van der Waals surface area contributed by atoms with Crippen LogP contribution < -0.4 is 0 Å². The first-order chi connectivity index (χ1) is 14.0. The topological polar surface area (TPSA) is 39.9 Å². The molecule has 0 amide bonds. The van der Waals surface area contributed by atoms with Gasteiger partial charge in [0.25, 0.3) is 0 Å². The molecule has 0 fully saturated rings. The summed E-state index contributed by atoms with van der Waals surface area (Å²) in [6.07, 6.45) is 6.70. The van der Waals surface area contributed by atoms with Gasteiger partial charge in [0.2, 0.25) is 0 Å². The van der Waals surface area contributed by atoms with E-state index in [1.54, 1.807) is 43.0 Å². The number of hydrogen-bond acceptors (Lipinski definition) is 3. The molecule has 2 aromatic carbocycles. The zero-order chi connectivity index (χ0) is 20.4. The number of halogens is 4. The van der Waals surface area contributed by atoms with Gasteiger partial charge in [-0.05, 0) is 30.3 Å². The van der Waals surface area contributed by atoms with Gasteiger partial charge in [0.15, 0.2) is 0 Å². The predicted molar refractivity (Wildman–Crippen MR) is 118 cm³/mol. The van der Waals surface area contributed by atoms with Crippen LogP contribution >= 0.6 is 46.4 Å². The van der Waals surface area contributed by atoms with E-state index in [1.165, 1.54) is 0 Å². The second-order valence-electron chi connectivity index (χ2n) is 6.48. The summed E-state index contributed by atoms with van der Waals surface area (Å²) < 4.78 is 8.16. The van der Waals surface area contributed by atoms with Crippen LogP contribution in [0.2, 0.25) is 20.1 Å². The van der Waals surface area contributed by atoms with Crippen LogP contribution in [0.5, 0.6) is 0 Å². The molecular weight excluding hydrogens is 452 g/mol. The minimum Gasteiger partial charge on any atom is -0.367 e. The number of pyridine rings is 1. The van der Waals surface area contributed by atoms with E-state index in [0.29, 0.717) is 26.6 Å². The maximum atomic E-state index is 6.60. The Morgan fingerprint density at radius 3 is 2.55 bits per heavy atom. The van der Waals surface area contributed by atoms with Gasteiger partial charge in [0.05, 0.1) is 30.0 Å². The van der Waals surface area contributed by atoms with Crippen LogP contribution in [-0.2, 0) is 17.9 Å². The van der Waals surface area contributed by atoms with Crippen molar-refractivity contribution in [2.45, 2.75) is 19.3 Å². The van der Waals surface area contributed by atoms with E-state index in [4.69, 9.17) is 51.1 Å². The SMILES string of the molecule is Clc1ccc(C(Cn2ccnc2)OCc2cnc3ccc(Cl)cc3c2Cl)c(Cl)c1. The van der Waals surface area contributed by atoms with Crippen molar-refractivity contribution in [2.24, 2.45) is 0 Å². The number of aromatic nitrogens is 3. The molecule has 0 aliphatic carbocycles. The lowest BCUT2D eigenvalue weighted by Crippen LogP contribution is -2.13. The largest absolute Gasteiger partial charge is 0.367 e. The third kappa shape index (κ3) is 4.68. The molecule has 0 saturated heterocycles. The molecule has 0 N–H and O–H groups in total. The highest BCUT2D eigenvalue weighted by atomic mass is 35.5. The molecule has 1 atom stereocenters. The predicted octanol–water partition coefficient (Wildman–Crippen LogP) is 7.00. The van der Waals surface area contributed by atoms with Crippen molar-refractivity contribution in [2.75, 3.05) is 0 Å². The first kappa shape index (κ1) is 20.5. The molecule has 4 aromatic rings. The number of fused-ring (bicyclic) bond motifs is 1. The number of hydrogen-bond donors (Lipinski definition) is 0. The average Bonchev–Trinajstić information content (AvgIpc) is 3.20. The molecule has 8 heteroatoms. The average molecular weight is 467 g/mol. The van der Waals surface area contributed by atoms with Crippen LogP contribution in [0.1, 0.15) is 17.2 Å². The summed E-state index contributed by atoms with van der Waals surface area (Å²) in [4.78, 5) is 8.55. The molecule has 0 spiro atoms. The summed E-state index contributed by atoms with van der Waals surface area (Å²) in [6.45, 7) is 0.790. The summed E-state index contributed by atoms with van der Waals surface area (Å²) in [5.74, 6) is 0. The Hall–Kier alpha value is -1.82. The Balaban J connectivity index is 1.62. The minimum absolute atomic E-state index is 0.257. The molecule has 2 heterocycles. The standard InChI is InChI=1S/C21H15Cl4N3O/c22-14-2-4-19-17(7-14)21(25)13(9-27-19)11-29-20(10-28-6-5-26-12-28)16-3-1-15(23)8-18(16)24/h1-9,12,20H,10-11H2. The quantitative estimate of drug-likeness (QED) is 0.307. The van der Waals surface area contributed by atoms with Crippen molar-refractivity contribution < 1.29 is 4.74 Å². The van der Waals surface area contributed by atoms with Crippen molar-refractivity contribution in [1.29, 1.82) is 0 Å². The second-order valence-corrected chi connectivity index (χ2v) is 8.14. The molecule has 1 unspecified atom stereocenters. The molecule has 148 valence electrons. The number of ether oxygens (including phenoxy) is 1. The number of imidazole rings is 1. The maximum absolute atomic E-state index is 6.60. The van der Waals surface area contributed by atoms with E-state index in [2.05, 4.69) is 9.97 Å². The van der Waals surface area contributed by atoms with Crippen molar-refractivity contribution >= 4 is 57.3 Å². The molecule has 0 aliphatic heterocycles. The molecule has 0 aliphatic rings. The van der Waals surface area contributed by atoms with Crippen LogP contribution in [0, 0.1) is 0 Å². The molecule has 4 rings (SSSR count). The number of rotatable bonds is 6. The summed E-state index contributed by atoms with van der Waals surface area (Å²) in [6, 6.07) is 10.8. The first-order valence-electron chi connectivity index (χ1n) is 8.76. The zero-order valence-corrected chi connectivity index (χ0v) is 18.1. The third-order valence-corrected chi connectivity index (χ3v) is 5.77. The summed E-state index contributed by atoms with van der Waals surface area (Å²) in [5, 5.41) is 3.07. The third-order valence-electron chi connectivity index (χ3n) is 4.52. The highest BCUT2D eigenvalue weighted by Crippen LogP contribution is 2.33. The Kier molecular flexibility index (Phi) is 6.28. The minimum atomic E-state index is -0.333. The van der Waals surface area contributed by atoms with Gasteiger partial charge in [-0.25, -0.2) is 4.98 Å². The summed E-state index contributed by atoms with van der Waals surface area (Å²) in [5.41, 5.74) is 2.37. The summed E-state index contributed by atoms with van der Waals surface area (Å²) in [7, 11) is 0. The number of nitrogens with zero attached hydrogens (tertiary/aromatic N) is 3. The lowest BCUT2D eigenvalue weighted by atomic mass is 10.1. The van der Waals surface area contributed by atoms with Crippen molar-refractivity contribution in [3.8, 4) is 0 Å². The van der Waals surface area contributed by atoms with E-state index >= 15 is 0 Å². The van der Waals surface area contributed by atoms with E-state index in [9.17, 15) is 0 Å². The molecule has 0 bridgehead atoms. The van der Waals surface area contributed by atoms with E-state index < -0.39 is 0 Å². The Morgan fingerprint density at radius 2 is 1.79 bits per heavy atom. The van der Waals surface area contributed by atoms with Crippen LogP contribution in [0.25, 0.3) is 10.9 Å².